The van der Waals surface area contributed by atoms with Crippen molar-refractivity contribution in [3.63, 3.8) is 0 Å². The van der Waals surface area contributed by atoms with Gasteiger partial charge < -0.3 is 4.57 Å². The van der Waals surface area contributed by atoms with Gasteiger partial charge in [0.1, 0.15) is 17.5 Å². The highest BCUT2D eigenvalue weighted by atomic mass is 19.1. The molecule has 2 aliphatic rings. The Bertz CT molecular complexity index is 1650. The van der Waals surface area contributed by atoms with Gasteiger partial charge in [-0.15, -0.1) is 0 Å². The van der Waals surface area contributed by atoms with Crippen LogP contribution in [0.2, 0.25) is 0 Å². The predicted octanol–water partition coefficient (Wildman–Crippen LogP) is 5.33. The van der Waals surface area contributed by atoms with Gasteiger partial charge in [0.15, 0.2) is 11.6 Å². The smallest absolute Gasteiger partial charge is 0.176 e. The first-order valence-electron chi connectivity index (χ1n) is 12.1. The zero-order valence-corrected chi connectivity index (χ0v) is 20.3. The van der Waals surface area contributed by atoms with Gasteiger partial charge >= 0.3 is 0 Å². The summed E-state index contributed by atoms with van der Waals surface area (Å²) in [5.74, 6) is -0.312. The van der Waals surface area contributed by atoms with Crippen LogP contribution in [0.15, 0.2) is 60.4 Å². The molecule has 0 amide bonds. The number of ketones is 1. The molecule has 0 aliphatic heterocycles. The van der Waals surface area contributed by atoms with Crippen molar-refractivity contribution >= 4 is 16.8 Å². The lowest BCUT2D eigenvalue weighted by molar-refractivity contribution is -0.121. The number of allylic oxidation sites excluding steroid dienone is 2. The highest BCUT2D eigenvalue weighted by Gasteiger charge is 2.49. The molecule has 1 aromatic carbocycles. The van der Waals surface area contributed by atoms with Crippen LogP contribution in [0.1, 0.15) is 31.5 Å². The maximum Gasteiger partial charge on any atom is 0.176 e. The van der Waals surface area contributed by atoms with E-state index in [1.807, 2.05) is 43.8 Å². The third-order valence-corrected chi connectivity index (χ3v) is 7.94. The number of benzene rings is 1. The van der Waals surface area contributed by atoms with E-state index >= 15 is 4.39 Å². The van der Waals surface area contributed by atoms with Crippen LogP contribution >= 0.6 is 0 Å². The van der Waals surface area contributed by atoms with E-state index in [1.54, 1.807) is 30.5 Å². The Labute approximate surface area is 208 Å². The van der Waals surface area contributed by atoms with Crippen molar-refractivity contribution in [2.24, 2.45) is 18.9 Å². The van der Waals surface area contributed by atoms with E-state index in [1.165, 1.54) is 6.07 Å². The number of nitriles is 1. The summed E-state index contributed by atoms with van der Waals surface area (Å²) in [4.78, 5) is 27.4. The highest BCUT2D eigenvalue weighted by Crippen LogP contribution is 2.51. The minimum absolute atomic E-state index is 0.0139. The average molecular weight is 478 g/mol. The molecule has 178 valence electrons. The molecule has 0 spiro atoms. The minimum Gasteiger partial charge on any atom is -0.335 e. The van der Waals surface area contributed by atoms with Crippen LogP contribution in [0.4, 0.5) is 4.39 Å². The monoisotopic (exact) mass is 477 g/mol. The third kappa shape index (κ3) is 3.07. The zero-order valence-electron chi connectivity index (χ0n) is 20.3. The van der Waals surface area contributed by atoms with Gasteiger partial charge in [-0.3, -0.25) is 4.79 Å². The minimum atomic E-state index is -0.660. The Morgan fingerprint density at radius 2 is 1.97 bits per heavy atom. The van der Waals surface area contributed by atoms with Crippen LogP contribution in [0.25, 0.3) is 33.7 Å². The molecule has 0 N–H and O–H groups in total. The second-order valence-electron chi connectivity index (χ2n) is 9.98. The molecule has 6 nitrogen and oxygen atoms in total. The van der Waals surface area contributed by atoms with Crippen molar-refractivity contribution < 1.29 is 9.18 Å². The summed E-state index contributed by atoms with van der Waals surface area (Å²) in [6.07, 6.45) is 6.82. The molecular formula is C29H24FN5O. The number of aryl methyl sites for hydroxylation is 1. The number of pyridine rings is 1. The summed E-state index contributed by atoms with van der Waals surface area (Å²) in [6, 6.07) is 12.6. The van der Waals surface area contributed by atoms with Crippen molar-refractivity contribution in [1.82, 2.24) is 19.5 Å². The van der Waals surface area contributed by atoms with Crippen LogP contribution < -0.4 is 0 Å². The molecule has 4 aromatic rings. The molecule has 0 saturated heterocycles. The van der Waals surface area contributed by atoms with Crippen LogP contribution in [-0.4, -0.2) is 25.3 Å². The SMILES string of the molecule is C[C@H]1C(=O)C(C#N)=C[C@@]2(C)c3nc(-c4cn(C)c5ncccc45)nc(-c4ccccc4F)c3CC[C@H]12. The number of aromatic nitrogens is 4. The number of halogens is 1. The van der Waals surface area contributed by atoms with Gasteiger partial charge in [-0.05, 0) is 43.0 Å². The normalized spacial score (nSPS) is 23.1. The third-order valence-electron chi connectivity index (χ3n) is 7.94. The summed E-state index contributed by atoms with van der Waals surface area (Å²) in [5, 5.41) is 10.6. The van der Waals surface area contributed by atoms with Crippen molar-refractivity contribution in [3.8, 4) is 28.7 Å². The lowest BCUT2D eigenvalue weighted by Gasteiger charge is -2.45. The van der Waals surface area contributed by atoms with Gasteiger partial charge in [-0.1, -0.05) is 32.1 Å². The largest absolute Gasteiger partial charge is 0.335 e. The molecule has 6 rings (SSSR count). The maximum absolute atomic E-state index is 15.1. The van der Waals surface area contributed by atoms with Crippen LogP contribution in [0.5, 0.6) is 0 Å². The van der Waals surface area contributed by atoms with Gasteiger partial charge in [0.05, 0.1) is 17.0 Å². The molecule has 2 aliphatic carbocycles. The molecule has 0 unspecified atom stereocenters. The van der Waals surface area contributed by atoms with Gasteiger partial charge in [-0.25, -0.2) is 19.3 Å². The molecule has 0 bridgehead atoms. The van der Waals surface area contributed by atoms with E-state index in [0.29, 0.717) is 23.5 Å². The quantitative estimate of drug-likeness (QED) is 0.390. The Morgan fingerprint density at radius 1 is 1.17 bits per heavy atom. The fourth-order valence-corrected chi connectivity index (χ4v) is 6.16. The number of carbonyl (C=O) groups is 1. The number of nitrogens with zero attached hydrogens (tertiary/aromatic N) is 5. The van der Waals surface area contributed by atoms with Gasteiger partial charge in [0, 0.05) is 52.9 Å². The summed E-state index contributed by atoms with van der Waals surface area (Å²) < 4.78 is 17.0. The Hall–Kier alpha value is -4.18. The number of carbonyl (C=O) groups excluding carboxylic acids is 1. The molecule has 3 aromatic heterocycles. The van der Waals surface area contributed by atoms with E-state index < -0.39 is 5.41 Å². The highest BCUT2D eigenvalue weighted by molar-refractivity contribution is 6.02. The van der Waals surface area contributed by atoms with Crippen LogP contribution in [0.3, 0.4) is 0 Å². The Morgan fingerprint density at radius 3 is 2.75 bits per heavy atom. The van der Waals surface area contributed by atoms with Gasteiger partial charge in [0.2, 0.25) is 0 Å². The molecule has 36 heavy (non-hydrogen) atoms. The van der Waals surface area contributed by atoms with E-state index in [4.69, 9.17) is 9.97 Å². The van der Waals surface area contributed by atoms with Gasteiger partial charge in [-0.2, -0.15) is 5.26 Å². The van der Waals surface area contributed by atoms with Crippen molar-refractivity contribution in [2.45, 2.75) is 32.1 Å². The van der Waals surface area contributed by atoms with Gasteiger partial charge in [0.25, 0.3) is 0 Å². The number of Topliss-reactive ketones (excluding diaryl/α,β-unsaturated/α-hetero) is 1. The summed E-state index contributed by atoms with van der Waals surface area (Å²) >= 11 is 0. The summed E-state index contributed by atoms with van der Waals surface area (Å²) in [5.41, 5.74) is 3.71. The Kier molecular flexibility index (Phi) is 4.91. The maximum atomic E-state index is 15.1. The van der Waals surface area contributed by atoms with Crippen LogP contribution in [0, 0.1) is 29.0 Å². The average Bonchev–Trinajstić information content (AvgIpc) is 3.23. The molecule has 7 heteroatoms. The van der Waals surface area contributed by atoms with E-state index in [9.17, 15) is 10.1 Å². The fraction of sp³-hybridized carbons (Fsp3) is 0.276. The number of fused-ring (bicyclic) bond motifs is 4. The second kappa shape index (κ2) is 7.92. The molecule has 3 heterocycles. The van der Waals surface area contributed by atoms with Crippen LogP contribution in [-0.2, 0) is 23.7 Å². The summed E-state index contributed by atoms with van der Waals surface area (Å²) in [7, 11) is 1.92. The molecular weight excluding hydrogens is 453 g/mol. The number of hydrogen-bond acceptors (Lipinski definition) is 5. The first-order chi connectivity index (χ1) is 17.3. The van der Waals surface area contributed by atoms with Crippen molar-refractivity contribution in [1.29, 1.82) is 5.26 Å². The molecule has 3 atom stereocenters. The van der Waals surface area contributed by atoms with Crippen molar-refractivity contribution in [3.05, 3.63) is 77.5 Å². The molecule has 0 radical (unpaired) electrons. The number of rotatable bonds is 2. The fourth-order valence-electron chi connectivity index (χ4n) is 6.16. The van der Waals surface area contributed by atoms with E-state index in [-0.39, 0.29) is 29.0 Å². The topological polar surface area (TPSA) is 84.5 Å². The first-order valence-corrected chi connectivity index (χ1v) is 12.1. The Balaban J connectivity index is 1.70. The summed E-state index contributed by atoms with van der Waals surface area (Å²) in [6.45, 7) is 3.94. The lowest BCUT2D eigenvalue weighted by Crippen LogP contribution is -2.46. The second-order valence-corrected chi connectivity index (χ2v) is 9.98. The van der Waals surface area contributed by atoms with E-state index in [2.05, 4.69) is 11.1 Å². The van der Waals surface area contributed by atoms with Crippen molar-refractivity contribution in [2.75, 3.05) is 0 Å². The predicted molar refractivity (Wildman–Crippen MR) is 134 cm³/mol. The standard InChI is InChI=1S/C29H24FN5O/c1-16-22-11-10-20-24(19-7-4-5-9-23(19)30)33-27(21-15-35(3)28-18(21)8-6-12-32-28)34-26(20)29(22,2)13-17(14-31)25(16)36/h4-9,12-13,15-16,22H,10-11H2,1-3H3/t16-,22-,29-/m1/s1. The number of hydrogen-bond donors (Lipinski definition) is 0. The zero-order chi connectivity index (χ0) is 25.2. The first kappa shape index (κ1) is 22.3. The van der Waals surface area contributed by atoms with E-state index in [0.717, 1.165) is 34.3 Å². The molecule has 0 saturated carbocycles. The molecule has 0 fully saturated rings. The lowest BCUT2D eigenvalue weighted by atomic mass is 9.57.